The van der Waals surface area contributed by atoms with Crippen molar-refractivity contribution < 1.29 is 9.59 Å². The fourth-order valence-corrected chi connectivity index (χ4v) is 3.37. The zero-order valence-corrected chi connectivity index (χ0v) is 17.3. The van der Waals surface area contributed by atoms with Gasteiger partial charge in [-0.2, -0.15) is 5.10 Å². The number of nitrogens with two attached hydrogens (primary N) is 1. The standard InChI is InChI=1S/C22H24N4O2S/c1-22(2,21(23)28)15-24-19(27)11-10-17-14-26(13-16-7-4-3-5-8-16)25-20(17)18-9-6-12-29-18/h3-12,14H,13,15H2,1-2H3,(H2,23,28)(H,24,27). The third-order valence-electron chi connectivity index (χ3n) is 4.52. The Morgan fingerprint density at radius 3 is 2.62 bits per heavy atom. The molecule has 0 atom stereocenters. The predicted octanol–water partition coefficient (Wildman–Crippen LogP) is 3.30. The fraction of sp³-hybridized carbons (Fsp3) is 0.227. The molecule has 7 heteroatoms. The van der Waals surface area contributed by atoms with E-state index in [2.05, 4.69) is 17.4 Å². The van der Waals surface area contributed by atoms with E-state index in [-0.39, 0.29) is 12.5 Å². The van der Waals surface area contributed by atoms with Crippen LogP contribution in [0.3, 0.4) is 0 Å². The van der Waals surface area contributed by atoms with Gasteiger partial charge in [-0.05, 0) is 36.9 Å². The second kappa shape index (κ2) is 8.87. The van der Waals surface area contributed by atoms with Crippen LogP contribution in [0.25, 0.3) is 16.6 Å². The normalized spacial score (nSPS) is 11.7. The van der Waals surface area contributed by atoms with Crippen molar-refractivity contribution in [2.45, 2.75) is 20.4 Å². The molecule has 150 valence electrons. The molecule has 29 heavy (non-hydrogen) atoms. The molecule has 0 spiro atoms. The molecule has 0 unspecified atom stereocenters. The number of carbonyl (C=O) groups excluding carboxylic acids is 2. The Labute approximate surface area is 174 Å². The molecule has 1 aromatic carbocycles. The Morgan fingerprint density at radius 2 is 1.97 bits per heavy atom. The highest BCUT2D eigenvalue weighted by Crippen LogP contribution is 2.27. The largest absolute Gasteiger partial charge is 0.369 e. The Hall–Kier alpha value is -3.19. The van der Waals surface area contributed by atoms with Gasteiger partial charge in [-0.25, -0.2) is 0 Å². The number of nitrogens with one attached hydrogen (secondary N) is 1. The highest BCUT2D eigenvalue weighted by atomic mass is 32.1. The van der Waals surface area contributed by atoms with Crippen LogP contribution in [0.1, 0.15) is 25.0 Å². The third-order valence-corrected chi connectivity index (χ3v) is 5.39. The second-order valence-corrected chi connectivity index (χ2v) is 8.34. The number of rotatable bonds is 8. The van der Waals surface area contributed by atoms with Crippen molar-refractivity contribution in [2.24, 2.45) is 11.1 Å². The zero-order chi connectivity index (χ0) is 20.9. The van der Waals surface area contributed by atoms with Gasteiger partial charge in [0.25, 0.3) is 0 Å². The molecular formula is C22H24N4O2S. The predicted molar refractivity (Wildman–Crippen MR) is 116 cm³/mol. The van der Waals surface area contributed by atoms with Gasteiger partial charge in [0.15, 0.2) is 0 Å². The van der Waals surface area contributed by atoms with Crippen LogP contribution in [0, 0.1) is 5.41 Å². The Kier molecular flexibility index (Phi) is 6.29. The minimum absolute atomic E-state index is 0.177. The Balaban J connectivity index is 1.77. The molecule has 0 bridgehead atoms. The van der Waals surface area contributed by atoms with Gasteiger partial charge in [0.2, 0.25) is 11.8 Å². The molecule has 3 rings (SSSR count). The molecular weight excluding hydrogens is 384 g/mol. The van der Waals surface area contributed by atoms with Gasteiger partial charge in [0.1, 0.15) is 5.69 Å². The summed E-state index contributed by atoms with van der Waals surface area (Å²) in [7, 11) is 0. The van der Waals surface area contributed by atoms with E-state index in [1.165, 1.54) is 6.08 Å². The number of benzene rings is 1. The number of nitrogens with zero attached hydrogens (tertiary/aromatic N) is 2. The van der Waals surface area contributed by atoms with Gasteiger partial charge >= 0.3 is 0 Å². The highest BCUT2D eigenvalue weighted by molar-refractivity contribution is 7.13. The fourth-order valence-electron chi connectivity index (χ4n) is 2.63. The average molecular weight is 409 g/mol. The van der Waals surface area contributed by atoms with E-state index in [0.29, 0.717) is 6.54 Å². The molecule has 2 amide bonds. The summed E-state index contributed by atoms with van der Waals surface area (Å²) in [5.41, 5.74) is 7.38. The van der Waals surface area contributed by atoms with E-state index < -0.39 is 11.3 Å². The zero-order valence-electron chi connectivity index (χ0n) is 16.5. The number of amides is 2. The van der Waals surface area contributed by atoms with Crippen molar-refractivity contribution in [3.63, 3.8) is 0 Å². The van der Waals surface area contributed by atoms with Crippen LogP contribution in [0.4, 0.5) is 0 Å². The average Bonchev–Trinajstić information content (AvgIpc) is 3.35. The van der Waals surface area contributed by atoms with Gasteiger partial charge in [-0.3, -0.25) is 14.3 Å². The monoisotopic (exact) mass is 408 g/mol. The van der Waals surface area contributed by atoms with Gasteiger partial charge in [-0.1, -0.05) is 36.4 Å². The van der Waals surface area contributed by atoms with Gasteiger partial charge < -0.3 is 11.1 Å². The minimum Gasteiger partial charge on any atom is -0.369 e. The lowest BCUT2D eigenvalue weighted by atomic mass is 9.93. The Bertz CT molecular complexity index is 1000. The van der Waals surface area contributed by atoms with Gasteiger partial charge in [-0.15, -0.1) is 11.3 Å². The maximum atomic E-state index is 12.2. The van der Waals surface area contributed by atoms with Crippen molar-refractivity contribution in [2.75, 3.05) is 6.54 Å². The summed E-state index contributed by atoms with van der Waals surface area (Å²) >= 11 is 1.60. The number of hydrogen-bond acceptors (Lipinski definition) is 4. The SMILES string of the molecule is CC(C)(CNC(=O)C=Cc1cn(Cc2ccccc2)nc1-c1cccs1)C(N)=O. The number of carbonyl (C=O) groups is 2. The van der Waals surface area contributed by atoms with Crippen LogP contribution in [-0.2, 0) is 16.1 Å². The molecule has 2 heterocycles. The molecule has 0 saturated heterocycles. The number of thiophene rings is 1. The van der Waals surface area contributed by atoms with Gasteiger partial charge in [0.05, 0.1) is 16.8 Å². The quantitative estimate of drug-likeness (QED) is 0.561. The van der Waals surface area contributed by atoms with E-state index >= 15 is 0 Å². The van der Waals surface area contributed by atoms with E-state index in [1.807, 2.05) is 46.6 Å². The van der Waals surface area contributed by atoms with Crippen LogP contribution < -0.4 is 11.1 Å². The summed E-state index contributed by atoms with van der Waals surface area (Å²) in [6.45, 7) is 4.21. The van der Waals surface area contributed by atoms with Gasteiger partial charge in [0, 0.05) is 24.4 Å². The van der Waals surface area contributed by atoms with E-state index in [1.54, 1.807) is 31.3 Å². The van der Waals surface area contributed by atoms with Crippen LogP contribution in [0.15, 0.2) is 60.1 Å². The van der Waals surface area contributed by atoms with Crippen molar-refractivity contribution in [1.82, 2.24) is 15.1 Å². The molecule has 3 aromatic rings. The molecule has 0 saturated carbocycles. The van der Waals surface area contributed by atoms with E-state index in [0.717, 1.165) is 21.7 Å². The smallest absolute Gasteiger partial charge is 0.244 e. The van der Waals surface area contributed by atoms with Crippen molar-refractivity contribution in [3.8, 4) is 10.6 Å². The first-order valence-electron chi connectivity index (χ1n) is 9.26. The molecule has 0 aliphatic heterocycles. The number of primary amides is 1. The third kappa shape index (κ3) is 5.42. The lowest BCUT2D eigenvalue weighted by Gasteiger charge is -2.19. The highest BCUT2D eigenvalue weighted by Gasteiger charge is 2.25. The lowest BCUT2D eigenvalue weighted by Crippen LogP contribution is -2.41. The summed E-state index contributed by atoms with van der Waals surface area (Å²) in [5.74, 6) is -0.740. The minimum atomic E-state index is -0.799. The number of hydrogen-bond donors (Lipinski definition) is 2. The summed E-state index contributed by atoms with van der Waals surface area (Å²) in [4.78, 5) is 24.6. The van der Waals surface area contributed by atoms with E-state index in [4.69, 9.17) is 10.8 Å². The molecule has 0 fully saturated rings. The first-order valence-corrected chi connectivity index (χ1v) is 10.1. The molecule has 2 aromatic heterocycles. The van der Waals surface area contributed by atoms with Crippen LogP contribution >= 0.6 is 11.3 Å². The summed E-state index contributed by atoms with van der Waals surface area (Å²) < 4.78 is 1.87. The summed E-state index contributed by atoms with van der Waals surface area (Å²) in [5, 5.41) is 9.44. The second-order valence-electron chi connectivity index (χ2n) is 7.39. The molecule has 3 N–H and O–H groups in total. The molecule has 0 aliphatic carbocycles. The van der Waals surface area contributed by atoms with E-state index in [9.17, 15) is 9.59 Å². The molecule has 0 radical (unpaired) electrons. The lowest BCUT2D eigenvalue weighted by molar-refractivity contribution is -0.126. The van der Waals surface area contributed by atoms with Crippen molar-refractivity contribution >= 4 is 29.2 Å². The van der Waals surface area contributed by atoms with Crippen LogP contribution in [0.5, 0.6) is 0 Å². The first kappa shape index (κ1) is 20.5. The number of aromatic nitrogens is 2. The maximum absolute atomic E-state index is 12.2. The summed E-state index contributed by atoms with van der Waals surface area (Å²) in [6.07, 6.45) is 5.13. The summed E-state index contributed by atoms with van der Waals surface area (Å²) in [6, 6.07) is 14.1. The first-order chi connectivity index (χ1) is 13.8. The molecule has 6 nitrogen and oxygen atoms in total. The van der Waals surface area contributed by atoms with Crippen molar-refractivity contribution in [3.05, 3.63) is 71.2 Å². The van der Waals surface area contributed by atoms with Crippen LogP contribution in [0.2, 0.25) is 0 Å². The maximum Gasteiger partial charge on any atom is 0.244 e. The Morgan fingerprint density at radius 1 is 1.21 bits per heavy atom. The topological polar surface area (TPSA) is 90.0 Å². The van der Waals surface area contributed by atoms with Crippen molar-refractivity contribution in [1.29, 1.82) is 0 Å². The molecule has 0 aliphatic rings. The van der Waals surface area contributed by atoms with Crippen LogP contribution in [-0.4, -0.2) is 28.1 Å².